The van der Waals surface area contributed by atoms with Crippen LogP contribution >= 0.6 is 11.8 Å². The molecule has 7 heteroatoms. The quantitative estimate of drug-likeness (QED) is 0.742. The van der Waals surface area contributed by atoms with Gasteiger partial charge >= 0.3 is 0 Å². The number of piperidine rings is 1. The number of carbonyl (C=O) groups is 1. The van der Waals surface area contributed by atoms with Crippen molar-refractivity contribution in [1.82, 2.24) is 15.4 Å². The van der Waals surface area contributed by atoms with Crippen LogP contribution in [-0.2, 0) is 6.54 Å². The lowest BCUT2D eigenvalue weighted by Crippen LogP contribution is -2.38. The molecule has 4 rings (SSSR count). The zero-order valence-corrected chi connectivity index (χ0v) is 17.1. The molecule has 2 fully saturated rings. The minimum absolute atomic E-state index is 0.158. The molecule has 1 N–H and O–H groups in total. The van der Waals surface area contributed by atoms with E-state index in [1.165, 1.54) is 38.4 Å². The number of hydrogen-bond donors (Lipinski definition) is 1. The van der Waals surface area contributed by atoms with E-state index in [-0.39, 0.29) is 5.91 Å². The molecule has 1 saturated heterocycles. The standard InChI is InChI=1S/C21H29N3O3S/c25-21(19-10-13-26-23-19)22-14-16-8-11-24(12-9-16)15-17-6-7-20(27-17)28-18-4-2-1-3-5-18/h6-7,10,13,16,18H,1-5,8-9,11-12,14-15H2,(H,22,25). The van der Waals surface area contributed by atoms with Crippen molar-refractivity contribution in [1.29, 1.82) is 0 Å². The topological polar surface area (TPSA) is 71.5 Å². The Morgan fingerprint density at radius 2 is 1.96 bits per heavy atom. The van der Waals surface area contributed by atoms with Crippen LogP contribution in [0.15, 0.2) is 38.5 Å². The second-order valence-electron chi connectivity index (χ2n) is 7.91. The summed E-state index contributed by atoms with van der Waals surface area (Å²) < 4.78 is 10.8. The number of likely N-dealkylation sites (tertiary alicyclic amines) is 1. The van der Waals surface area contributed by atoms with Gasteiger partial charge in [-0.25, -0.2) is 0 Å². The Balaban J connectivity index is 1.17. The van der Waals surface area contributed by atoms with E-state index >= 15 is 0 Å². The van der Waals surface area contributed by atoms with E-state index < -0.39 is 0 Å². The Labute approximate surface area is 170 Å². The molecule has 1 saturated carbocycles. The van der Waals surface area contributed by atoms with Gasteiger partial charge in [-0.1, -0.05) is 36.2 Å². The maximum absolute atomic E-state index is 11.9. The molecule has 28 heavy (non-hydrogen) atoms. The summed E-state index contributed by atoms with van der Waals surface area (Å²) in [5.74, 6) is 1.42. The SMILES string of the molecule is O=C(NCC1CCN(Cc2ccc(SC3CCCCC3)o2)CC1)c1ccon1. The van der Waals surface area contributed by atoms with Crippen LogP contribution in [0, 0.1) is 5.92 Å². The fourth-order valence-corrected chi connectivity index (χ4v) is 5.28. The van der Waals surface area contributed by atoms with Crippen molar-refractivity contribution >= 4 is 17.7 Å². The summed E-state index contributed by atoms with van der Waals surface area (Å²) in [6, 6.07) is 5.86. The number of furan rings is 1. The number of thioether (sulfide) groups is 1. The van der Waals surface area contributed by atoms with E-state index in [1.807, 2.05) is 11.8 Å². The Morgan fingerprint density at radius 1 is 1.14 bits per heavy atom. The van der Waals surface area contributed by atoms with E-state index in [0.717, 1.165) is 48.6 Å². The lowest BCUT2D eigenvalue weighted by atomic mass is 9.96. The van der Waals surface area contributed by atoms with E-state index in [4.69, 9.17) is 8.94 Å². The van der Waals surface area contributed by atoms with Gasteiger partial charge in [-0.05, 0) is 56.8 Å². The van der Waals surface area contributed by atoms with Gasteiger partial charge in [0.2, 0.25) is 0 Å². The normalized spacial score (nSPS) is 19.7. The molecule has 1 aliphatic carbocycles. The molecular formula is C21H29N3O3S. The highest BCUT2D eigenvalue weighted by Gasteiger charge is 2.22. The second-order valence-corrected chi connectivity index (χ2v) is 9.22. The maximum Gasteiger partial charge on any atom is 0.273 e. The van der Waals surface area contributed by atoms with Gasteiger partial charge < -0.3 is 14.3 Å². The number of nitrogens with one attached hydrogen (secondary N) is 1. The Kier molecular flexibility index (Phi) is 6.75. The van der Waals surface area contributed by atoms with Crippen LogP contribution in [0.2, 0.25) is 0 Å². The Morgan fingerprint density at radius 3 is 2.71 bits per heavy atom. The molecule has 2 aliphatic rings. The zero-order valence-electron chi connectivity index (χ0n) is 16.3. The molecule has 0 atom stereocenters. The van der Waals surface area contributed by atoms with Gasteiger partial charge in [-0.3, -0.25) is 9.69 Å². The van der Waals surface area contributed by atoms with Crippen molar-refractivity contribution in [2.75, 3.05) is 19.6 Å². The van der Waals surface area contributed by atoms with Gasteiger partial charge in [0.05, 0.1) is 6.54 Å². The Bertz CT molecular complexity index is 732. The van der Waals surface area contributed by atoms with E-state index in [9.17, 15) is 4.79 Å². The van der Waals surface area contributed by atoms with Crippen molar-refractivity contribution in [3.8, 4) is 0 Å². The van der Waals surface area contributed by atoms with E-state index in [1.54, 1.807) is 6.07 Å². The van der Waals surface area contributed by atoms with Crippen LogP contribution in [0.3, 0.4) is 0 Å². The number of rotatable bonds is 7. The molecule has 2 aromatic rings. The molecule has 2 aromatic heterocycles. The molecule has 0 spiro atoms. The first-order valence-corrected chi connectivity index (χ1v) is 11.3. The van der Waals surface area contributed by atoms with Gasteiger partial charge in [-0.2, -0.15) is 0 Å². The summed E-state index contributed by atoms with van der Waals surface area (Å²) in [7, 11) is 0. The number of amides is 1. The molecule has 0 unspecified atom stereocenters. The predicted octanol–water partition coefficient (Wildman–Crippen LogP) is 4.33. The summed E-state index contributed by atoms with van der Waals surface area (Å²) >= 11 is 1.92. The third-order valence-corrected chi connectivity index (χ3v) is 7.04. The number of nitrogens with zero attached hydrogens (tertiary/aromatic N) is 2. The maximum atomic E-state index is 11.9. The molecule has 6 nitrogen and oxygen atoms in total. The highest BCUT2D eigenvalue weighted by Crippen LogP contribution is 2.34. The smallest absolute Gasteiger partial charge is 0.273 e. The van der Waals surface area contributed by atoms with Crippen molar-refractivity contribution in [2.45, 2.75) is 61.8 Å². The van der Waals surface area contributed by atoms with Crippen molar-refractivity contribution in [2.24, 2.45) is 5.92 Å². The van der Waals surface area contributed by atoms with Gasteiger partial charge in [-0.15, -0.1) is 0 Å². The summed E-state index contributed by atoms with van der Waals surface area (Å²) in [6.45, 7) is 3.65. The van der Waals surface area contributed by atoms with Gasteiger partial charge in [0.25, 0.3) is 5.91 Å². The summed E-state index contributed by atoms with van der Waals surface area (Å²) in [4.78, 5) is 14.4. The minimum atomic E-state index is -0.158. The fourth-order valence-electron chi connectivity index (χ4n) is 4.08. The third kappa shape index (κ3) is 5.41. The second kappa shape index (κ2) is 9.65. The van der Waals surface area contributed by atoms with Crippen LogP contribution in [0.1, 0.15) is 61.2 Å². The van der Waals surface area contributed by atoms with Gasteiger partial charge in [0.15, 0.2) is 10.8 Å². The monoisotopic (exact) mass is 403 g/mol. The average molecular weight is 404 g/mol. The Hall–Kier alpha value is -1.73. The molecule has 3 heterocycles. The molecule has 152 valence electrons. The molecular weight excluding hydrogens is 374 g/mol. The van der Waals surface area contributed by atoms with Gasteiger partial charge in [0.1, 0.15) is 12.0 Å². The van der Waals surface area contributed by atoms with Crippen LogP contribution in [0.5, 0.6) is 0 Å². The van der Waals surface area contributed by atoms with Crippen LogP contribution < -0.4 is 5.32 Å². The van der Waals surface area contributed by atoms with Crippen LogP contribution in [0.25, 0.3) is 0 Å². The first-order valence-electron chi connectivity index (χ1n) is 10.4. The van der Waals surface area contributed by atoms with E-state index in [2.05, 4.69) is 27.5 Å². The lowest BCUT2D eigenvalue weighted by Gasteiger charge is -2.31. The van der Waals surface area contributed by atoms with Crippen molar-refractivity contribution in [3.63, 3.8) is 0 Å². The average Bonchev–Trinajstić information content (AvgIpc) is 3.41. The van der Waals surface area contributed by atoms with Crippen molar-refractivity contribution < 1.29 is 13.7 Å². The fraction of sp³-hybridized carbons (Fsp3) is 0.619. The zero-order chi connectivity index (χ0) is 19.2. The predicted molar refractivity (Wildman–Crippen MR) is 108 cm³/mol. The summed E-state index contributed by atoms with van der Waals surface area (Å²) in [5, 5.41) is 8.44. The third-order valence-electron chi connectivity index (χ3n) is 5.78. The molecule has 0 aromatic carbocycles. The molecule has 1 amide bonds. The lowest BCUT2D eigenvalue weighted by molar-refractivity contribution is 0.0925. The summed E-state index contributed by atoms with van der Waals surface area (Å²) in [6.07, 6.45) is 10.3. The number of aromatic nitrogens is 1. The first-order chi connectivity index (χ1) is 13.8. The molecule has 0 bridgehead atoms. The minimum Gasteiger partial charge on any atom is -0.454 e. The number of hydrogen-bond acceptors (Lipinski definition) is 6. The molecule has 1 aliphatic heterocycles. The highest BCUT2D eigenvalue weighted by atomic mass is 32.2. The van der Waals surface area contributed by atoms with E-state index in [0.29, 0.717) is 18.2 Å². The first kappa shape index (κ1) is 19.6. The van der Waals surface area contributed by atoms with Gasteiger partial charge in [0, 0.05) is 17.9 Å². The van der Waals surface area contributed by atoms with Crippen LogP contribution in [-0.4, -0.2) is 40.8 Å². The number of carbonyl (C=O) groups excluding carboxylic acids is 1. The van der Waals surface area contributed by atoms with Crippen LogP contribution in [0.4, 0.5) is 0 Å². The largest absolute Gasteiger partial charge is 0.454 e. The highest BCUT2D eigenvalue weighted by molar-refractivity contribution is 7.99. The molecule has 0 radical (unpaired) electrons. The van der Waals surface area contributed by atoms with Crippen molar-refractivity contribution in [3.05, 3.63) is 35.9 Å². The summed E-state index contributed by atoms with van der Waals surface area (Å²) in [5.41, 5.74) is 0.345.